The van der Waals surface area contributed by atoms with Gasteiger partial charge in [-0.05, 0) is 41.5 Å². The highest BCUT2D eigenvalue weighted by Crippen LogP contribution is 2.28. The summed E-state index contributed by atoms with van der Waals surface area (Å²) >= 11 is 5.95. The summed E-state index contributed by atoms with van der Waals surface area (Å²) in [6.07, 6.45) is 1.73. The minimum atomic E-state index is -0.236. The van der Waals surface area contributed by atoms with E-state index in [1.807, 2.05) is 24.3 Å². The molecule has 2 aromatic carbocycles. The Kier molecular flexibility index (Phi) is 2.73. The molecule has 18 heavy (non-hydrogen) atoms. The van der Waals surface area contributed by atoms with Crippen LogP contribution < -0.4 is 0 Å². The zero-order valence-corrected chi connectivity index (χ0v) is 10.2. The van der Waals surface area contributed by atoms with Crippen molar-refractivity contribution in [2.75, 3.05) is 0 Å². The fourth-order valence-corrected chi connectivity index (χ4v) is 2.17. The summed E-state index contributed by atoms with van der Waals surface area (Å²) in [6, 6.07) is 13.9. The standard InChI is InChI=1S/C15H9ClFN/c16-11-3-6-14-13(7-8-18-15(14)9-11)10-1-4-12(17)5-2-10/h1-9H. The maximum atomic E-state index is 12.9. The van der Waals surface area contributed by atoms with Crippen molar-refractivity contribution in [1.82, 2.24) is 4.98 Å². The number of hydrogen-bond acceptors (Lipinski definition) is 1. The molecule has 0 radical (unpaired) electrons. The van der Waals surface area contributed by atoms with Crippen LogP contribution in [0.4, 0.5) is 4.39 Å². The summed E-state index contributed by atoms with van der Waals surface area (Å²) < 4.78 is 12.9. The number of fused-ring (bicyclic) bond motifs is 1. The summed E-state index contributed by atoms with van der Waals surface area (Å²) in [7, 11) is 0. The van der Waals surface area contributed by atoms with E-state index in [4.69, 9.17) is 11.6 Å². The van der Waals surface area contributed by atoms with E-state index in [2.05, 4.69) is 4.98 Å². The number of nitrogens with zero attached hydrogens (tertiary/aromatic N) is 1. The summed E-state index contributed by atoms with van der Waals surface area (Å²) in [5, 5.41) is 1.67. The molecule has 0 fully saturated rings. The molecule has 0 N–H and O–H groups in total. The Morgan fingerprint density at radius 3 is 2.50 bits per heavy atom. The maximum Gasteiger partial charge on any atom is 0.123 e. The number of hydrogen-bond donors (Lipinski definition) is 0. The Hall–Kier alpha value is -1.93. The second-order valence-corrected chi connectivity index (χ2v) is 4.46. The van der Waals surface area contributed by atoms with E-state index in [-0.39, 0.29) is 5.82 Å². The molecule has 0 aliphatic heterocycles. The quantitative estimate of drug-likeness (QED) is 0.616. The van der Waals surface area contributed by atoms with E-state index < -0.39 is 0 Å². The van der Waals surface area contributed by atoms with E-state index in [0.29, 0.717) is 5.02 Å². The number of halogens is 2. The smallest absolute Gasteiger partial charge is 0.123 e. The van der Waals surface area contributed by atoms with Gasteiger partial charge in [0.2, 0.25) is 0 Å². The molecule has 1 heterocycles. The van der Waals surface area contributed by atoms with Crippen molar-refractivity contribution in [3.05, 3.63) is 65.6 Å². The highest BCUT2D eigenvalue weighted by molar-refractivity contribution is 6.31. The zero-order valence-electron chi connectivity index (χ0n) is 9.40. The molecule has 3 rings (SSSR count). The third kappa shape index (κ3) is 1.95. The lowest BCUT2D eigenvalue weighted by atomic mass is 10.0. The van der Waals surface area contributed by atoms with E-state index >= 15 is 0 Å². The van der Waals surface area contributed by atoms with Crippen LogP contribution in [0, 0.1) is 5.82 Å². The first-order valence-corrected chi connectivity index (χ1v) is 5.92. The van der Waals surface area contributed by atoms with Gasteiger partial charge in [0, 0.05) is 16.6 Å². The van der Waals surface area contributed by atoms with Crippen molar-refractivity contribution in [3.63, 3.8) is 0 Å². The predicted molar refractivity (Wildman–Crippen MR) is 72.1 cm³/mol. The van der Waals surface area contributed by atoms with Crippen LogP contribution in [0.2, 0.25) is 5.02 Å². The van der Waals surface area contributed by atoms with Crippen LogP contribution in [0.25, 0.3) is 22.0 Å². The summed E-state index contributed by atoms with van der Waals surface area (Å²) in [6.45, 7) is 0. The molecule has 0 amide bonds. The van der Waals surface area contributed by atoms with Gasteiger partial charge in [-0.2, -0.15) is 0 Å². The average Bonchev–Trinajstić information content (AvgIpc) is 2.38. The van der Waals surface area contributed by atoms with Gasteiger partial charge in [-0.3, -0.25) is 4.98 Å². The largest absolute Gasteiger partial charge is 0.256 e. The summed E-state index contributed by atoms with van der Waals surface area (Å²) in [5.74, 6) is -0.236. The molecule has 0 saturated heterocycles. The fraction of sp³-hybridized carbons (Fsp3) is 0. The molecular weight excluding hydrogens is 249 g/mol. The molecule has 0 aliphatic rings. The van der Waals surface area contributed by atoms with Crippen molar-refractivity contribution in [2.24, 2.45) is 0 Å². The predicted octanol–water partition coefficient (Wildman–Crippen LogP) is 4.69. The number of rotatable bonds is 1. The average molecular weight is 258 g/mol. The molecule has 0 aliphatic carbocycles. The topological polar surface area (TPSA) is 12.9 Å². The highest BCUT2D eigenvalue weighted by atomic mass is 35.5. The van der Waals surface area contributed by atoms with Crippen LogP contribution in [-0.2, 0) is 0 Å². The van der Waals surface area contributed by atoms with Crippen LogP contribution in [0.15, 0.2) is 54.7 Å². The molecule has 1 aromatic heterocycles. The van der Waals surface area contributed by atoms with Crippen molar-refractivity contribution in [2.45, 2.75) is 0 Å². The van der Waals surface area contributed by atoms with Gasteiger partial charge in [-0.1, -0.05) is 29.8 Å². The molecule has 0 atom stereocenters. The maximum absolute atomic E-state index is 12.9. The Morgan fingerprint density at radius 2 is 1.72 bits per heavy atom. The zero-order chi connectivity index (χ0) is 12.5. The fourth-order valence-electron chi connectivity index (χ4n) is 2.00. The molecule has 3 heteroatoms. The van der Waals surface area contributed by atoms with Gasteiger partial charge in [-0.25, -0.2) is 4.39 Å². The SMILES string of the molecule is Fc1ccc(-c2ccnc3cc(Cl)ccc23)cc1. The molecule has 0 unspecified atom stereocenters. The first-order valence-electron chi connectivity index (χ1n) is 5.54. The Labute approximate surface area is 109 Å². The summed E-state index contributed by atoms with van der Waals surface area (Å²) in [5.41, 5.74) is 2.83. The third-order valence-corrected chi connectivity index (χ3v) is 3.10. The molecule has 0 spiro atoms. The lowest BCUT2D eigenvalue weighted by Crippen LogP contribution is -1.84. The molecule has 3 aromatic rings. The van der Waals surface area contributed by atoms with Crippen molar-refractivity contribution >= 4 is 22.5 Å². The molecule has 1 nitrogen and oxygen atoms in total. The van der Waals surface area contributed by atoms with Crippen LogP contribution in [0.3, 0.4) is 0 Å². The number of benzene rings is 2. The molecular formula is C15H9ClFN. The second-order valence-electron chi connectivity index (χ2n) is 4.03. The number of aromatic nitrogens is 1. The van der Waals surface area contributed by atoms with Crippen molar-refractivity contribution in [3.8, 4) is 11.1 Å². The molecule has 88 valence electrons. The second kappa shape index (κ2) is 4.39. The third-order valence-electron chi connectivity index (χ3n) is 2.86. The van der Waals surface area contributed by atoms with E-state index in [0.717, 1.165) is 22.0 Å². The van der Waals surface area contributed by atoms with Crippen LogP contribution in [0.1, 0.15) is 0 Å². The van der Waals surface area contributed by atoms with Gasteiger partial charge in [-0.15, -0.1) is 0 Å². The van der Waals surface area contributed by atoms with Crippen LogP contribution in [-0.4, -0.2) is 4.98 Å². The van der Waals surface area contributed by atoms with Gasteiger partial charge in [0.15, 0.2) is 0 Å². The normalized spacial score (nSPS) is 10.8. The minimum Gasteiger partial charge on any atom is -0.256 e. The van der Waals surface area contributed by atoms with E-state index in [1.54, 1.807) is 18.3 Å². The lowest BCUT2D eigenvalue weighted by molar-refractivity contribution is 0.628. The van der Waals surface area contributed by atoms with Gasteiger partial charge in [0.1, 0.15) is 5.82 Å². The highest BCUT2D eigenvalue weighted by Gasteiger charge is 2.05. The van der Waals surface area contributed by atoms with E-state index in [1.165, 1.54) is 12.1 Å². The van der Waals surface area contributed by atoms with Gasteiger partial charge >= 0.3 is 0 Å². The Bertz CT molecular complexity index is 707. The van der Waals surface area contributed by atoms with Gasteiger partial charge in [0.25, 0.3) is 0 Å². The van der Waals surface area contributed by atoms with Crippen LogP contribution >= 0.6 is 11.6 Å². The Morgan fingerprint density at radius 1 is 0.944 bits per heavy atom. The van der Waals surface area contributed by atoms with Crippen molar-refractivity contribution in [1.29, 1.82) is 0 Å². The van der Waals surface area contributed by atoms with Crippen molar-refractivity contribution < 1.29 is 4.39 Å². The monoisotopic (exact) mass is 257 g/mol. The van der Waals surface area contributed by atoms with E-state index in [9.17, 15) is 4.39 Å². The first-order chi connectivity index (χ1) is 8.74. The first kappa shape index (κ1) is 11.2. The summed E-state index contributed by atoms with van der Waals surface area (Å²) in [4.78, 5) is 4.29. The van der Waals surface area contributed by atoms with Gasteiger partial charge < -0.3 is 0 Å². The van der Waals surface area contributed by atoms with Crippen LogP contribution in [0.5, 0.6) is 0 Å². The minimum absolute atomic E-state index is 0.236. The number of pyridine rings is 1. The Balaban J connectivity index is 2.26. The lowest BCUT2D eigenvalue weighted by Gasteiger charge is -2.06. The van der Waals surface area contributed by atoms with Gasteiger partial charge in [0.05, 0.1) is 5.52 Å². The molecule has 0 saturated carbocycles. The molecule has 0 bridgehead atoms.